The molecule has 1 N–H and O–H groups in total. The van der Waals surface area contributed by atoms with E-state index in [0.29, 0.717) is 44.2 Å². The van der Waals surface area contributed by atoms with E-state index in [1.54, 1.807) is 6.07 Å². The molecule has 180 valence electrons. The van der Waals surface area contributed by atoms with Crippen LogP contribution >= 0.6 is 12.4 Å². The topological polar surface area (TPSA) is 87.9 Å². The maximum atomic E-state index is 12.9. The van der Waals surface area contributed by atoms with Crippen molar-refractivity contribution in [1.29, 1.82) is 0 Å². The number of ether oxygens (including phenoxy) is 1. The van der Waals surface area contributed by atoms with Gasteiger partial charge in [-0.15, -0.1) is 12.4 Å². The van der Waals surface area contributed by atoms with Crippen LogP contribution in [0.25, 0.3) is 0 Å². The Morgan fingerprint density at radius 3 is 2.45 bits per heavy atom. The fourth-order valence-electron chi connectivity index (χ4n) is 3.49. The summed E-state index contributed by atoms with van der Waals surface area (Å²) in [6, 6.07) is 9.20. The Morgan fingerprint density at radius 1 is 1.15 bits per heavy atom. The summed E-state index contributed by atoms with van der Waals surface area (Å²) in [7, 11) is 1.40. The third-order valence-corrected chi connectivity index (χ3v) is 5.23. The Hall–Kier alpha value is -3.05. The summed E-state index contributed by atoms with van der Waals surface area (Å²) in [5.74, 6) is 0.00255. The van der Waals surface area contributed by atoms with Crippen LogP contribution in [-0.4, -0.2) is 55.6 Å². The number of hydrogen-bond donors (Lipinski definition) is 1. The van der Waals surface area contributed by atoms with Gasteiger partial charge in [0.1, 0.15) is 5.75 Å². The first-order valence-corrected chi connectivity index (χ1v) is 9.94. The van der Waals surface area contributed by atoms with Crippen LogP contribution < -0.4 is 15.0 Å². The van der Waals surface area contributed by atoms with Gasteiger partial charge >= 0.3 is 6.18 Å². The molecule has 0 saturated carbocycles. The number of benzene rings is 2. The van der Waals surface area contributed by atoms with Crippen molar-refractivity contribution in [1.82, 2.24) is 4.90 Å². The highest BCUT2D eigenvalue weighted by Gasteiger charge is 2.31. The molecule has 12 heteroatoms. The number of amides is 1. The van der Waals surface area contributed by atoms with Crippen LogP contribution in [0.5, 0.6) is 5.75 Å². The van der Waals surface area contributed by atoms with Gasteiger partial charge in [-0.3, -0.25) is 19.8 Å². The van der Waals surface area contributed by atoms with Crippen molar-refractivity contribution in [3.05, 3.63) is 58.1 Å². The third kappa shape index (κ3) is 6.96. The van der Waals surface area contributed by atoms with Crippen LogP contribution in [-0.2, 0) is 11.0 Å². The zero-order chi connectivity index (χ0) is 23.3. The van der Waals surface area contributed by atoms with Gasteiger partial charge in [-0.1, -0.05) is 6.07 Å². The molecule has 0 aliphatic carbocycles. The molecule has 0 spiro atoms. The van der Waals surface area contributed by atoms with E-state index in [0.717, 1.165) is 12.1 Å². The SMILES string of the molecule is COc1ccc([N+](=O)[O-])cc1NC(=O)CCN1CCN(c2cccc(C(F)(F)F)c2)CC1.Cl. The van der Waals surface area contributed by atoms with E-state index in [9.17, 15) is 28.1 Å². The number of rotatable bonds is 7. The smallest absolute Gasteiger partial charge is 0.416 e. The molecule has 0 radical (unpaired) electrons. The lowest BCUT2D eigenvalue weighted by Gasteiger charge is -2.36. The lowest BCUT2D eigenvalue weighted by atomic mass is 10.1. The zero-order valence-electron chi connectivity index (χ0n) is 17.8. The molecule has 33 heavy (non-hydrogen) atoms. The molecule has 1 saturated heterocycles. The number of nitro benzene ring substituents is 1. The normalized spacial score (nSPS) is 14.4. The molecule has 1 amide bonds. The van der Waals surface area contributed by atoms with E-state index < -0.39 is 16.7 Å². The fourth-order valence-corrected chi connectivity index (χ4v) is 3.49. The summed E-state index contributed by atoms with van der Waals surface area (Å²) in [6.07, 6.45) is -4.22. The monoisotopic (exact) mass is 488 g/mol. The number of hydrogen-bond acceptors (Lipinski definition) is 6. The number of non-ortho nitro benzene ring substituents is 1. The van der Waals surface area contributed by atoms with Gasteiger partial charge in [0.2, 0.25) is 5.91 Å². The number of carbonyl (C=O) groups is 1. The van der Waals surface area contributed by atoms with Crippen molar-refractivity contribution in [3.63, 3.8) is 0 Å². The van der Waals surface area contributed by atoms with Crippen LogP contribution in [0.3, 0.4) is 0 Å². The number of halogens is 4. The summed E-state index contributed by atoms with van der Waals surface area (Å²) >= 11 is 0. The van der Waals surface area contributed by atoms with Gasteiger partial charge in [0.15, 0.2) is 0 Å². The lowest BCUT2D eigenvalue weighted by Crippen LogP contribution is -2.47. The molecule has 0 bridgehead atoms. The van der Waals surface area contributed by atoms with Crippen LogP contribution in [0, 0.1) is 10.1 Å². The maximum Gasteiger partial charge on any atom is 0.416 e. The lowest BCUT2D eigenvalue weighted by molar-refractivity contribution is -0.384. The van der Waals surface area contributed by atoms with Gasteiger partial charge in [0, 0.05) is 57.0 Å². The number of piperazine rings is 1. The first kappa shape index (κ1) is 26.2. The minimum atomic E-state index is -4.38. The quantitative estimate of drug-likeness (QED) is 0.464. The second-order valence-corrected chi connectivity index (χ2v) is 7.32. The van der Waals surface area contributed by atoms with E-state index in [-0.39, 0.29) is 36.1 Å². The molecule has 0 aromatic heterocycles. The Kier molecular flexibility index (Phi) is 8.89. The second kappa shape index (κ2) is 11.2. The highest BCUT2D eigenvalue weighted by Crippen LogP contribution is 2.32. The highest BCUT2D eigenvalue weighted by atomic mass is 35.5. The molecule has 1 aliphatic rings. The maximum absolute atomic E-state index is 12.9. The molecule has 0 unspecified atom stereocenters. The Bertz CT molecular complexity index is 982. The number of alkyl halides is 3. The zero-order valence-corrected chi connectivity index (χ0v) is 18.6. The summed E-state index contributed by atoms with van der Waals surface area (Å²) in [5.41, 5.74) is -0.0893. The van der Waals surface area contributed by atoms with Gasteiger partial charge < -0.3 is 15.0 Å². The number of nitro groups is 1. The fraction of sp³-hybridized carbons (Fsp3) is 0.381. The third-order valence-electron chi connectivity index (χ3n) is 5.23. The predicted molar refractivity (Wildman–Crippen MR) is 120 cm³/mol. The number of nitrogens with zero attached hydrogens (tertiary/aromatic N) is 3. The number of nitrogens with one attached hydrogen (secondary N) is 1. The van der Waals surface area contributed by atoms with Crippen molar-refractivity contribution in [2.24, 2.45) is 0 Å². The Morgan fingerprint density at radius 2 is 1.85 bits per heavy atom. The predicted octanol–water partition coefficient (Wildman–Crippen LogP) is 4.19. The number of anilines is 2. The Balaban J connectivity index is 0.00000385. The first-order chi connectivity index (χ1) is 15.2. The first-order valence-electron chi connectivity index (χ1n) is 9.94. The average molecular weight is 489 g/mol. The minimum absolute atomic E-state index is 0. The van der Waals surface area contributed by atoms with E-state index in [2.05, 4.69) is 5.32 Å². The van der Waals surface area contributed by atoms with Crippen molar-refractivity contribution >= 4 is 35.4 Å². The molecule has 3 rings (SSSR count). The molecule has 1 aliphatic heterocycles. The number of methoxy groups -OCH3 is 1. The second-order valence-electron chi connectivity index (χ2n) is 7.32. The van der Waals surface area contributed by atoms with E-state index >= 15 is 0 Å². The molecule has 2 aromatic carbocycles. The molecular formula is C21H24ClF3N4O4. The van der Waals surface area contributed by atoms with Gasteiger partial charge in [-0.25, -0.2) is 0 Å². The number of carbonyl (C=O) groups excluding carboxylic acids is 1. The van der Waals surface area contributed by atoms with Gasteiger partial charge in [0.25, 0.3) is 5.69 Å². The largest absolute Gasteiger partial charge is 0.495 e. The summed E-state index contributed by atoms with van der Waals surface area (Å²) in [6.45, 7) is 2.75. The molecule has 8 nitrogen and oxygen atoms in total. The van der Waals surface area contributed by atoms with E-state index in [1.807, 2.05) is 9.80 Å². The van der Waals surface area contributed by atoms with Crippen molar-refractivity contribution < 1.29 is 27.6 Å². The van der Waals surface area contributed by atoms with Crippen molar-refractivity contribution in [2.75, 3.05) is 50.1 Å². The van der Waals surface area contributed by atoms with Gasteiger partial charge in [-0.2, -0.15) is 13.2 Å². The molecule has 1 fully saturated rings. The van der Waals surface area contributed by atoms with E-state index in [4.69, 9.17) is 4.74 Å². The average Bonchev–Trinajstić information content (AvgIpc) is 2.77. The van der Waals surface area contributed by atoms with Gasteiger partial charge in [0.05, 0.1) is 23.3 Å². The van der Waals surface area contributed by atoms with Gasteiger partial charge in [-0.05, 0) is 24.3 Å². The summed E-state index contributed by atoms with van der Waals surface area (Å²) < 4.78 is 43.9. The van der Waals surface area contributed by atoms with Crippen molar-refractivity contribution in [3.8, 4) is 5.75 Å². The molecular weight excluding hydrogens is 465 g/mol. The standard InChI is InChI=1S/C21H23F3N4O4.ClH/c1-32-19-6-5-17(28(30)31)14-18(19)25-20(29)7-8-26-9-11-27(12-10-26)16-4-2-3-15(13-16)21(22,23)24;/h2-6,13-14H,7-12H2,1H3,(H,25,29);1H. The molecule has 1 heterocycles. The summed E-state index contributed by atoms with van der Waals surface area (Å²) in [5, 5.41) is 13.6. The van der Waals surface area contributed by atoms with Crippen LogP contribution in [0.4, 0.5) is 30.2 Å². The minimum Gasteiger partial charge on any atom is -0.495 e. The van der Waals surface area contributed by atoms with E-state index in [1.165, 1.54) is 31.4 Å². The van der Waals surface area contributed by atoms with Crippen LogP contribution in [0.1, 0.15) is 12.0 Å². The molecule has 0 atom stereocenters. The highest BCUT2D eigenvalue weighted by molar-refractivity contribution is 5.92. The Labute approximate surface area is 194 Å². The summed E-state index contributed by atoms with van der Waals surface area (Å²) in [4.78, 5) is 26.7. The van der Waals surface area contributed by atoms with Crippen LogP contribution in [0.15, 0.2) is 42.5 Å². The molecule has 2 aromatic rings. The van der Waals surface area contributed by atoms with Crippen LogP contribution in [0.2, 0.25) is 0 Å². The van der Waals surface area contributed by atoms with Crippen molar-refractivity contribution in [2.45, 2.75) is 12.6 Å².